The first-order chi connectivity index (χ1) is 15.3. The van der Waals surface area contributed by atoms with Gasteiger partial charge in [0.2, 0.25) is 0 Å². The molecule has 0 bridgehead atoms. The van der Waals surface area contributed by atoms with Crippen molar-refractivity contribution in [2.45, 2.75) is 20.8 Å². The van der Waals surface area contributed by atoms with E-state index in [1.54, 1.807) is 24.3 Å². The lowest BCUT2D eigenvalue weighted by molar-refractivity contribution is 0.455. The van der Waals surface area contributed by atoms with Gasteiger partial charge in [-0.05, 0) is 98.1 Å². The number of rotatable bonds is 5. The van der Waals surface area contributed by atoms with E-state index in [2.05, 4.69) is 0 Å². The molecular weight excluding hydrogens is 402 g/mol. The van der Waals surface area contributed by atoms with Crippen LogP contribution < -0.4 is 9.64 Å². The smallest absolute Gasteiger partial charge is 0.151 e. The number of ether oxygens (including phenoxy) is 1. The molecule has 5 heteroatoms. The Morgan fingerprint density at radius 1 is 0.656 bits per heavy atom. The molecule has 0 aromatic heterocycles. The molecule has 0 aliphatic heterocycles. The Hall–Kier alpha value is -4.12. The van der Waals surface area contributed by atoms with Gasteiger partial charge in [-0.2, -0.15) is 0 Å². The van der Waals surface area contributed by atoms with E-state index in [1.165, 1.54) is 0 Å². The van der Waals surface area contributed by atoms with Gasteiger partial charge >= 0.3 is 0 Å². The highest BCUT2D eigenvalue weighted by Gasteiger charge is 2.19. The molecule has 0 amide bonds. The molecule has 0 saturated carbocycles. The fraction of sp³-hybridized carbons (Fsp3) is 0.111. The van der Waals surface area contributed by atoms with Crippen LogP contribution in [0.3, 0.4) is 0 Å². The van der Waals surface area contributed by atoms with Crippen LogP contribution in [0.5, 0.6) is 28.7 Å². The highest BCUT2D eigenvalue weighted by Crippen LogP contribution is 2.43. The third kappa shape index (κ3) is 4.32. The number of aromatic hydroxyl groups is 3. The van der Waals surface area contributed by atoms with E-state index in [1.807, 2.05) is 80.3 Å². The molecule has 0 aliphatic rings. The molecule has 32 heavy (non-hydrogen) atoms. The minimum absolute atomic E-state index is 0.137. The van der Waals surface area contributed by atoms with Crippen molar-refractivity contribution in [1.29, 1.82) is 0 Å². The molecule has 0 radical (unpaired) electrons. The summed E-state index contributed by atoms with van der Waals surface area (Å²) in [7, 11) is 0. The predicted octanol–water partition coefficient (Wildman–Crippen LogP) is 6.99. The van der Waals surface area contributed by atoms with Crippen molar-refractivity contribution < 1.29 is 20.1 Å². The lowest BCUT2D eigenvalue weighted by Crippen LogP contribution is -2.11. The van der Waals surface area contributed by atoms with Gasteiger partial charge in [0.15, 0.2) is 5.75 Å². The van der Waals surface area contributed by atoms with Crippen LogP contribution in [0.1, 0.15) is 16.7 Å². The van der Waals surface area contributed by atoms with E-state index in [9.17, 15) is 15.3 Å². The Bertz CT molecular complexity index is 1210. The second kappa shape index (κ2) is 8.55. The molecule has 4 rings (SSSR count). The molecule has 0 atom stereocenters. The van der Waals surface area contributed by atoms with Crippen LogP contribution in [0.15, 0.2) is 78.9 Å². The second-order valence-corrected chi connectivity index (χ2v) is 7.85. The molecule has 4 aromatic rings. The molecule has 0 heterocycles. The third-order valence-corrected chi connectivity index (χ3v) is 5.25. The minimum Gasteiger partial charge on any atom is -0.508 e. The maximum Gasteiger partial charge on any atom is 0.151 e. The number of aryl methyl sites for hydroxylation is 3. The molecule has 0 saturated heterocycles. The van der Waals surface area contributed by atoms with Crippen molar-refractivity contribution in [2.75, 3.05) is 4.90 Å². The number of para-hydroxylation sites is 2. The van der Waals surface area contributed by atoms with Crippen molar-refractivity contribution in [2.24, 2.45) is 0 Å². The van der Waals surface area contributed by atoms with E-state index >= 15 is 0 Å². The van der Waals surface area contributed by atoms with Gasteiger partial charge in [0.1, 0.15) is 23.0 Å². The Morgan fingerprint density at radius 3 is 1.81 bits per heavy atom. The fourth-order valence-corrected chi connectivity index (χ4v) is 3.63. The zero-order chi connectivity index (χ0) is 22.8. The van der Waals surface area contributed by atoms with Crippen LogP contribution in [-0.4, -0.2) is 15.3 Å². The Morgan fingerprint density at radius 2 is 1.25 bits per heavy atom. The highest BCUT2D eigenvalue weighted by atomic mass is 16.5. The Labute approximate surface area is 187 Å². The number of benzene rings is 4. The molecule has 3 N–H and O–H groups in total. The SMILES string of the molecule is Cc1cc(O)cc(Oc2ccccc2N(c2ccc(O)c(C)c2)c2ccc(O)c(C)c2)c1. The molecule has 5 nitrogen and oxygen atoms in total. The Kier molecular flexibility index (Phi) is 5.65. The lowest BCUT2D eigenvalue weighted by atomic mass is 10.1. The van der Waals surface area contributed by atoms with Gasteiger partial charge in [-0.3, -0.25) is 0 Å². The monoisotopic (exact) mass is 427 g/mol. The summed E-state index contributed by atoms with van der Waals surface area (Å²) >= 11 is 0. The first-order valence-corrected chi connectivity index (χ1v) is 10.3. The van der Waals surface area contributed by atoms with Crippen LogP contribution in [0.4, 0.5) is 17.1 Å². The summed E-state index contributed by atoms with van der Waals surface area (Å²) in [5.74, 6) is 1.69. The maximum atomic E-state index is 10.0. The summed E-state index contributed by atoms with van der Waals surface area (Å²) in [6.07, 6.45) is 0. The molecule has 162 valence electrons. The number of hydrogen-bond acceptors (Lipinski definition) is 5. The van der Waals surface area contributed by atoms with Crippen LogP contribution in [0.2, 0.25) is 0 Å². The zero-order valence-electron chi connectivity index (χ0n) is 18.2. The number of anilines is 3. The first-order valence-electron chi connectivity index (χ1n) is 10.3. The fourth-order valence-electron chi connectivity index (χ4n) is 3.63. The standard InChI is InChI=1S/C27H25NO4/c1-17-12-22(29)16-23(13-17)32-27-7-5-4-6-24(27)28(20-8-10-25(30)18(2)14-20)21-9-11-26(31)19(3)15-21/h4-16,29-31H,1-3H3. The van der Waals surface area contributed by atoms with E-state index in [0.717, 1.165) is 33.8 Å². The second-order valence-electron chi connectivity index (χ2n) is 7.85. The summed E-state index contributed by atoms with van der Waals surface area (Å²) in [5.41, 5.74) is 4.79. The van der Waals surface area contributed by atoms with E-state index in [4.69, 9.17) is 4.74 Å². The number of phenols is 3. The molecule has 0 unspecified atom stereocenters. The van der Waals surface area contributed by atoms with Crippen LogP contribution >= 0.6 is 0 Å². The van der Waals surface area contributed by atoms with Gasteiger partial charge in [-0.25, -0.2) is 0 Å². The van der Waals surface area contributed by atoms with Crippen molar-refractivity contribution in [3.05, 3.63) is 95.6 Å². The van der Waals surface area contributed by atoms with Crippen LogP contribution in [0.25, 0.3) is 0 Å². The quantitative estimate of drug-likeness (QED) is 0.320. The summed E-state index contributed by atoms with van der Waals surface area (Å²) in [5, 5.41) is 30.1. The van der Waals surface area contributed by atoms with Gasteiger partial charge < -0.3 is 25.0 Å². The molecule has 0 spiro atoms. The number of nitrogens with zero attached hydrogens (tertiary/aromatic N) is 1. The van der Waals surface area contributed by atoms with E-state index < -0.39 is 0 Å². The zero-order valence-corrected chi connectivity index (χ0v) is 18.2. The summed E-state index contributed by atoms with van der Waals surface area (Å²) in [6.45, 7) is 5.58. The maximum absolute atomic E-state index is 10.0. The topological polar surface area (TPSA) is 73.2 Å². The highest BCUT2D eigenvalue weighted by molar-refractivity contribution is 5.81. The third-order valence-electron chi connectivity index (χ3n) is 5.25. The van der Waals surface area contributed by atoms with Crippen LogP contribution in [-0.2, 0) is 0 Å². The minimum atomic E-state index is 0.137. The van der Waals surface area contributed by atoms with Gasteiger partial charge in [0.25, 0.3) is 0 Å². The van der Waals surface area contributed by atoms with Crippen molar-refractivity contribution in [1.82, 2.24) is 0 Å². The number of hydrogen-bond donors (Lipinski definition) is 3. The normalized spacial score (nSPS) is 10.7. The molecule has 0 fully saturated rings. The summed E-state index contributed by atoms with van der Waals surface area (Å²) in [6, 6.07) is 23.5. The van der Waals surface area contributed by atoms with Crippen molar-refractivity contribution >= 4 is 17.1 Å². The predicted molar refractivity (Wildman–Crippen MR) is 127 cm³/mol. The average molecular weight is 428 g/mol. The largest absolute Gasteiger partial charge is 0.508 e. The summed E-state index contributed by atoms with van der Waals surface area (Å²) < 4.78 is 6.20. The molecule has 0 aliphatic carbocycles. The van der Waals surface area contributed by atoms with Crippen molar-refractivity contribution in [3.8, 4) is 28.7 Å². The first kappa shape index (κ1) is 21.1. The van der Waals surface area contributed by atoms with Crippen molar-refractivity contribution in [3.63, 3.8) is 0 Å². The van der Waals surface area contributed by atoms with E-state index in [-0.39, 0.29) is 17.2 Å². The van der Waals surface area contributed by atoms with Gasteiger partial charge in [0, 0.05) is 17.4 Å². The van der Waals surface area contributed by atoms with Gasteiger partial charge in [-0.1, -0.05) is 12.1 Å². The van der Waals surface area contributed by atoms with Gasteiger partial charge in [-0.15, -0.1) is 0 Å². The summed E-state index contributed by atoms with van der Waals surface area (Å²) in [4.78, 5) is 2.00. The number of phenolic OH excluding ortho intramolecular Hbond substituents is 3. The average Bonchev–Trinajstić information content (AvgIpc) is 2.74. The van der Waals surface area contributed by atoms with E-state index in [0.29, 0.717) is 11.5 Å². The lowest BCUT2D eigenvalue weighted by Gasteiger charge is -2.28. The van der Waals surface area contributed by atoms with Crippen LogP contribution in [0, 0.1) is 20.8 Å². The van der Waals surface area contributed by atoms with Gasteiger partial charge in [0.05, 0.1) is 5.69 Å². The Balaban J connectivity index is 1.88. The molecular formula is C27H25NO4. The molecule has 4 aromatic carbocycles.